The minimum Gasteiger partial charge on any atom is -0.497 e. The average molecular weight is 371 g/mol. The summed E-state index contributed by atoms with van der Waals surface area (Å²) >= 11 is 0. The molecule has 144 valence electrons. The van der Waals surface area contributed by atoms with E-state index in [1.54, 1.807) is 38.3 Å². The molecule has 1 heterocycles. The molecule has 1 fully saturated rings. The van der Waals surface area contributed by atoms with Crippen LogP contribution >= 0.6 is 0 Å². The van der Waals surface area contributed by atoms with Crippen LogP contribution in [-0.4, -0.2) is 38.4 Å². The standard InChI is InChI=1S/C21H25NO5/c1-15(27-19-11-9-17(24-2)10-12-19)21(23)22-16-5-7-18(8-6-16)26-14-20-4-3-13-25-20/h5-12,15,20H,3-4,13-14H2,1-2H3,(H,22,23)/t15-,20+/m0/s1. The van der Waals surface area contributed by atoms with Crippen LogP contribution in [0.4, 0.5) is 5.69 Å². The number of hydrogen-bond donors (Lipinski definition) is 1. The van der Waals surface area contributed by atoms with Crippen molar-refractivity contribution in [2.24, 2.45) is 0 Å². The Kier molecular flexibility index (Phi) is 6.54. The van der Waals surface area contributed by atoms with Gasteiger partial charge < -0.3 is 24.3 Å². The molecule has 2 atom stereocenters. The normalized spacial score (nSPS) is 17.2. The predicted molar refractivity (Wildman–Crippen MR) is 103 cm³/mol. The molecule has 1 aliphatic heterocycles. The van der Waals surface area contributed by atoms with Crippen LogP contribution in [0.15, 0.2) is 48.5 Å². The second kappa shape index (κ2) is 9.28. The summed E-state index contributed by atoms with van der Waals surface area (Å²) in [7, 11) is 1.60. The molecule has 0 aromatic heterocycles. The van der Waals surface area contributed by atoms with E-state index in [1.165, 1.54) is 0 Å². The molecule has 0 radical (unpaired) electrons. The second-order valence-corrected chi connectivity index (χ2v) is 6.40. The zero-order valence-corrected chi connectivity index (χ0v) is 15.6. The molecule has 0 aliphatic carbocycles. The maximum Gasteiger partial charge on any atom is 0.265 e. The van der Waals surface area contributed by atoms with Crippen LogP contribution in [0.25, 0.3) is 0 Å². The van der Waals surface area contributed by atoms with Gasteiger partial charge in [0, 0.05) is 12.3 Å². The van der Waals surface area contributed by atoms with E-state index < -0.39 is 6.10 Å². The van der Waals surface area contributed by atoms with Gasteiger partial charge in [-0.05, 0) is 68.3 Å². The molecule has 27 heavy (non-hydrogen) atoms. The number of rotatable bonds is 8. The summed E-state index contributed by atoms with van der Waals surface area (Å²) in [5.41, 5.74) is 0.689. The number of ether oxygens (including phenoxy) is 4. The third-order valence-electron chi connectivity index (χ3n) is 4.32. The fourth-order valence-corrected chi connectivity index (χ4v) is 2.76. The Hall–Kier alpha value is -2.73. The molecule has 3 rings (SSSR count). The predicted octanol–water partition coefficient (Wildman–Crippen LogP) is 3.66. The summed E-state index contributed by atoms with van der Waals surface area (Å²) in [6.45, 7) is 3.08. The van der Waals surface area contributed by atoms with E-state index >= 15 is 0 Å². The molecule has 0 unspecified atom stereocenters. The Bertz CT molecular complexity index is 723. The fraction of sp³-hybridized carbons (Fsp3) is 0.381. The van der Waals surface area contributed by atoms with Crippen molar-refractivity contribution >= 4 is 11.6 Å². The maximum absolute atomic E-state index is 12.3. The summed E-state index contributed by atoms with van der Waals surface area (Å²) in [5, 5.41) is 2.84. The van der Waals surface area contributed by atoms with E-state index in [4.69, 9.17) is 18.9 Å². The Morgan fingerprint density at radius 2 is 1.78 bits per heavy atom. The lowest BCUT2D eigenvalue weighted by Crippen LogP contribution is -2.30. The Morgan fingerprint density at radius 1 is 1.11 bits per heavy atom. The third-order valence-corrected chi connectivity index (χ3v) is 4.32. The van der Waals surface area contributed by atoms with Gasteiger partial charge >= 0.3 is 0 Å². The monoisotopic (exact) mass is 371 g/mol. The van der Waals surface area contributed by atoms with Gasteiger partial charge in [0.25, 0.3) is 5.91 Å². The lowest BCUT2D eigenvalue weighted by Gasteiger charge is -2.15. The number of nitrogens with one attached hydrogen (secondary N) is 1. The van der Waals surface area contributed by atoms with Gasteiger partial charge in [0.15, 0.2) is 6.10 Å². The molecular weight excluding hydrogens is 346 g/mol. The van der Waals surface area contributed by atoms with Crippen LogP contribution < -0.4 is 19.5 Å². The topological polar surface area (TPSA) is 66.0 Å². The van der Waals surface area contributed by atoms with Crippen LogP contribution in [0.5, 0.6) is 17.2 Å². The molecule has 0 spiro atoms. The van der Waals surface area contributed by atoms with Gasteiger partial charge in [0.05, 0.1) is 13.2 Å². The van der Waals surface area contributed by atoms with Gasteiger partial charge in [-0.1, -0.05) is 0 Å². The molecule has 1 aliphatic rings. The first kappa shape index (κ1) is 19.0. The van der Waals surface area contributed by atoms with Crippen LogP contribution in [0.2, 0.25) is 0 Å². The minimum atomic E-state index is -0.631. The Morgan fingerprint density at radius 3 is 2.41 bits per heavy atom. The first-order valence-electron chi connectivity index (χ1n) is 9.10. The Labute approximate surface area is 159 Å². The summed E-state index contributed by atoms with van der Waals surface area (Å²) in [6.07, 6.45) is 1.69. The van der Waals surface area contributed by atoms with Gasteiger partial charge in [-0.25, -0.2) is 0 Å². The highest BCUT2D eigenvalue weighted by atomic mass is 16.5. The van der Waals surface area contributed by atoms with Crippen molar-refractivity contribution in [2.45, 2.75) is 32.0 Å². The van der Waals surface area contributed by atoms with E-state index in [0.717, 1.165) is 30.9 Å². The molecule has 6 nitrogen and oxygen atoms in total. The van der Waals surface area contributed by atoms with E-state index in [-0.39, 0.29) is 12.0 Å². The molecule has 1 N–H and O–H groups in total. The number of benzene rings is 2. The quantitative estimate of drug-likeness (QED) is 0.767. The summed E-state index contributed by atoms with van der Waals surface area (Å²) in [4.78, 5) is 12.3. The fourth-order valence-electron chi connectivity index (χ4n) is 2.76. The Balaban J connectivity index is 1.47. The van der Waals surface area contributed by atoms with E-state index in [0.29, 0.717) is 18.0 Å². The molecule has 0 saturated carbocycles. The molecule has 1 saturated heterocycles. The van der Waals surface area contributed by atoms with Gasteiger partial charge in [0.1, 0.15) is 23.9 Å². The highest BCUT2D eigenvalue weighted by Gasteiger charge is 2.17. The van der Waals surface area contributed by atoms with Crippen molar-refractivity contribution in [3.63, 3.8) is 0 Å². The lowest BCUT2D eigenvalue weighted by atomic mass is 10.2. The first-order valence-corrected chi connectivity index (χ1v) is 9.10. The third kappa shape index (κ3) is 5.62. The van der Waals surface area contributed by atoms with E-state index in [1.807, 2.05) is 24.3 Å². The molecular formula is C21H25NO5. The zero-order valence-electron chi connectivity index (χ0n) is 15.6. The number of carbonyl (C=O) groups is 1. The van der Waals surface area contributed by atoms with Crippen molar-refractivity contribution in [3.8, 4) is 17.2 Å². The molecule has 1 amide bonds. The molecule has 6 heteroatoms. The van der Waals surface area contributed by atoms with Gasteiger partial charge in [-0.2, -0.15) is 0 Å². The molecule has 2 aromatic carbocycles. The van der Waals surface area contributed by atoms with E-state index in [9.17, 15) is 4.79 Å². The largest absolute Gasteiger partial charge is 0.497 e. The number of anilines is 1. The summed E-state index contributed by atoms with van der Waals surface area (Å²) in [6, 6.07) is 14.4. The number of methoxy groups -OCH3 is 1. The van der Waals surface area contributed by atoms with Crippen molar-refractivity contribution in [1.29, 1.82) is 0 Å². The van der Waals surface area contributed by atoms with Gasteiger partial charge in [-0.15, -0.1) is 0 Å². The van der Waals surface area contributed by atoms with Crippen LogP contribution in [0.3, 0.4) is 0 Å². The highest BCUT2D eigenvalue weighted by molar-refractivity contribution is 5.94. The number of amides is 1. The molecule has 0 bridgehead atoms. The van der Waals surface area contributed by atoms with Gasteiger partial charge in [-0.3, -0.25) is 4.79 Å². The lowest BCUT2D eigenvalue weighted by molar-refractivity contribution is -0.122. The smallest absolute Gasteiger partial charge is 0.265 e. The van der Waals surface area contributed by atoms with Crippen LogP contribution in [0, 0.1) is 0 Å². The van der Waals surface area contributed by atoms with Crippen LogP contribution in [-0.2, 0) is 9.53 Å². The zero-order chi connectivity index (χ0) is 19.1. The minimum absolute atomic E-state index is 0.181. The number of carbonyl (C=O) groups excluding carboxylic acids is 1. The average Bonchev–Trinajstić information content (AvgIpc) is 3.21. The molecule has 2 aromatic rings. The highest BCUT2D eigenvalue weighted by Crippen LogP contribution is 2.20. The van der Waals surface area contributed by atoms with Crippen molar-refractivity contribution in [1.82, 2.24) is 0 Å². The summed E-state index contributed by atoms with van der Waals surface area (Å²) in [5.74, 6) is 1.88. The van der Waals surface area contributed by atoms with Gasteiger partial charge in [0.2, 0.25) is 0 Å². The van der Waals surface area contributed by atoms with Crippen molar-refractivity contribution in [2.75, 3.05) is 25.6 Å². The van der Waals surface area contributed by atoms with Crippen LogP contribution in [0.1, 0.15) is 19.8 Å². The SMILES string of the molecule is COc1ccc(O[C@@H](C)C(=O)Nc2ccc(OC[C@H]3CCCO3)cc2)cc1. The van der Waals surface area contributed by atoms with Crippen molar-refractivity contribution in [3.05, 3.63) is 48.5 Å². The van der Waals surface area contributed by atoms with E-state index in [2.05, 4.69) is 5.32 Å². The summed E-state index contributed by atoms with van der Waals surface area (Å²) < 4.78 is 22.0. The van der Waals surface area contributed by atoms with Crippen molar-refractivity contribution < 1.29 is 23.7 Å². The number of hydrogen-bond acceptors (Lipinski definition) is 5. The first-order chi connectivity index (χ1) is 13.1. The maximum atomic E-state index is 12.3. The second-order valence-electron chi connectivity index (χ2n) is 6.40.